The molecule has 2 aromatic carbocycles. The van der Waals surface area contributed by atoms with Crippen LogP contribution in [0.4, 0.5) is 5.13 Å². The molecule has 0 fully saturated rings. The standard InChI is InChI=1S/C21H23N3O5S2/c1-14-19(20(25)22-13-12-15-6-4-5-7-18(15)29-3)30-21(23-14)24-31(26,27)17-10-8-16(28-2)9-11-17/h4-11H,12-13H2,1-3H3,(H,22,25)(H,23,24). The summed E-state index contributed by atoms with van der Waals surface area (Å²) in [4.78, 5) is 17.2. The van der Waals surface area contributed by atoms with E-state index in [1.807, 2.05) is 24.3 Å². The Balaban J connectivity index is 1.64. The van der Waals surface area contributed by atoms with Crippen LogP contribution in [0.5, 0.6) is 11.5 Å². The first-order valence-corrected chi connectivity index (χ1v) is 11.7. The third-order valence-corrected chi connectivity index (χ3v) is 7.02. The maximum atomic E-state index is 12.6. The molecule has 0 radical (unpaired) electrons. The Morgan fingerprint density at radius 2 is 1.77 bits per heavy atom. The summed E-state index contributed by atoms with van der Waals surface area (Å²) < 4.78 is 37.9. The van der Waals surface area contributed by atoms with Crippen LogP contribution in [-0.4, -0.2) is 40.1 Å². The number of ether oxygens (including phenoxy) is 2. The third kappa shape index (κ3) is 5.53. The lowest BCUT2D eigenvalue weighted by Gasteiger charge is -2.08. The van der Waals surface area contributed by atoms with E-state index in [0.29, 0.717) is 29.3 Å². The van der Waals surface area contributed by atoms with Gasteiger partial charge in [0.25, 0.3) is 15.9 Å². The lowest BCUT2D eigenvalue weighted by Crippen LogP contribution is -2.25. The average molecular weight is 462 g/mol. The van der Waals surface area contributed by atoms with Gasteiger partial charge < -0.3 is 14.8 Å². The molecule has 1 heterocycles. The molecular weight excluding hydrogens is 438 g/mol. The Bertz CT molecular complexity index is 1160. The molecule has 0 unspecified atom stereocenters. The fourth-order valence-electron chi connectivity index (χ4n) is 2.88. The summed E-state index contributed by atoms with van der Waals surface area (Å²) in [6.07, 6.45) is 0.602. The van der Waals surface area contributed by atoms with E-state index in [4.69, 9.17) is 9.47 Å². The van der Waals surface area contributed by atoms with E-state index in [1.165, 1.54) is 19.2 Å². The lowest BCUT2D eigenvalue weighted by molar-refractivity contribution is 0.0957. The molecule has 0 bridgehead atoms. The minimum Gasteiger partial charge on any atom is -0.497 e. The number of nitrogens with one attached hydrogen (secondary N) is 2. The van der Waals surface area contributed by atoms with Crippen molar-refractivity contribution < 1.29 is 22.7 Å². The molecule has 8 nitrogen and oxygen atoms in total. The maximum absolute atomic E-state index is 12.6. The number of carbonyl (C=O) groups excluding carboxylic acids is 1. The predicted octanol–water partition coefficient (Wildman–Crippen LogP) is 3.24. The first-order chi connectivity index (χ1) is 14.8. The van der Waals surface area contributed by atoms with Gasteiger partial charge in [0.2, 0.25) is 0 Å². The number of para-hydroxylation sites is 1. The molecule has 0 aliphatic rings. The van der Waals surface area contributed by atoms with Gasteiger partial charge in [-0.05, 0) is 49.2 Å². The normalized spacial score (nSPS) is 11.1. The number of thiazole rings is 1. The zero-order valence-corrected chi connectivity index (χ0v) is 19.0. The predicted molar refractivity (Wildman–Crippen MR) is 120 cm³/mol. The first kappa shape index (κ1) is 22.6. The molecule has 10 heteroatoms. The lowest BCUT2D eigenvalue weighted by atomic mass is 10.1. The number of amides is 1. The monoisotopic (exact) mass is 461 g/mol. The van der Waals surface area contributed by atoms with E-state index in [-0.39, 0.29) is 15.9 Å². The first-order valence-electron chi connectivity index (χ1n) is 9.38. The molecule has 0 saturated carbocycles. The van der Waals surface area contributed by atoms with Crippen molar-refractivity contribution in [1.29, 1.82) is 0 Å². The van der Waals surface area contributed by atoms with Gasteiger partial charge in [0, 0.05) is 6.54 Å². The molecule has 0 saturated heterocycles. The zero-order chi connectivity index (χ0) is 22.4. The van der Waals surface area contributed by atoms with Crippen molar-refractivity contribution in [3.05, 3.63) is 64.7 Å². The van der Waals surface area contributed by atoms with E-state index >= 15 is 0 Å². The maximum Gasteiger partial charge on any atom is 0.263 e. The molecular formula is C21H23N3O5S2. The summed E-state index contributed by atoms with van der Waals surface area (Å²) in [6, 6.07) is 13.6. The summed E-state index contributed by atoms with van der Waals surface area (Å²) in [5, 5.41) is 2.97. The highest BCUT2D eigenvalue weighted by atomic mass is 32.2. The zero-order valence-electron chi connectivity index (χ0n) is 17.3. The number of nitrogens with zero attached hydrogens (tertiary/aromatic N) is 1. The van der Waals surface area contributed by atoms with Crippen LogP contribution < -0.4 is 19.5 Å². The van der Waals surface area contributed by atoms with Gasteiger partial charge >= 0.3 is 0 Å². The molecule has 3 rings (SSSR count). The summed E-state index contributed by atoms with van der Waals surface area (Å²) in [5.41, 5.74) is 1.44. The summed E-state index contributed by atoms with van der Waals surface area (Å²) in [6.45, 7) is 2.07. The SMILES string of the molecule is COc1ccc(S(=O)(=O)Nc2nc(C)c(C(=O)NCCc3ccccc3OC)s2)cc1. The number of aryl methyl sites for hydroxylation is 1. The van der Waals surface area contributed by atoms with Gasteiger partial charge in [-0.1, -0.05) is 29.5 Å². The minimum atomic E-state index is -3.83. The second kappa shape index (κ2) is 9.80. The second-order valence-electron chi connectivity index (χ2n) is 6.53. The van der Waals surface area contributed by atoms with Crippen molar-refractivity contribution in [3.63, 3.8) is 0 Å². The Morgan fingerprint density at radius 1 is 1.06 bits per heavy atom. The largest absolute Gasteiger partial charge is 0.497 e. The van der Waals surface area contributed by atoms with Crippen LogP contribution in [0.3, 0.4) is 0 Å². The van der Waals surface area contributed by atoms with Crippen molar-refractivity contribution in [2.75, 3.05) is 25.5 Å². The molecule has 1 aromatic heterocycles. The number of rotatable bonds is 9. The van der Waals surface area contributed by atoms with Crippen LogP contribution in [-0.2, 0) is 16.4 Å². The van der Waals surface area contributed by atoms with Gasteiger partial charge in [0.05, 0.1) is 24.8 Å². The number of methoxy groups -OCH3 is 2. The Morgan fingerprint density at radius 3 is 2.45 bits per heavy atom. The van der Waals surface area contributed by atoms with E-state index < -0.39 is 10.0 Å². The quantitative estimate of drug-likeness (QED) is 0.507. The van der Waals surface area contributed by atoms with Crippen molar-refractivity contribution in [2.45, 2.75) is 18.2 Å². The Hall–Kier alpha value is -3.11. The fourth-order valence-corrected chi connectivity index (χ4v) is 5.00. The molecule has 0 aliphatic carbocycles. The number of carbonyl (C=O) groups is 1. The van der Waals surface area contributed by atoms with E-state index in [0.717, 1.165) is 22.6 Å². The van der Waals surface area contributed by atoms with Gasteiger partial charge in [-0.15, -0.1) is 0 Å². The molecule has 2 N–H and O–H groups in total. The minimum absolute atomic E-state index is 0.0731. The van der Waals surface area contributed by atoms with Gasteiger partial charge in [-0.2, -0.15) is 0 Å². The Labute approximate surface area is 185 Å². The fraction of sp³-hybridized carbons (Fsp3) is 0.238. The van der Waals surface area contributed by atoms with Crippen LogP contribution in [0.2, 0.25) is 0 Å². The topological polar surface area (TPSA) is 107 Å². The molecule has 31 heavy (non-hydrogen) atoms. The highest BCUT2D eigenvalue weighted by Crippen LogP contribution is 2.26. The van der Waals surface area contributed by atoms with Gasteiger partial charge in [-0.3, -0.25) is 9.52 Å². The highest BCUT2D eigenvalue weighted by molar-refractivity contribution is 7.93. The van der Waals surface area contributed by atoms with E-state index in [1.54, 1.807) is 26.2 Å². The second-order valence-corrected chi connectivity index (χ2v) is 9.21. The van der Waals surface area contributed by atoms with Crippen molar-refractivity contribution in [3.8, 4) is 11.5 Å². The molecule has 164 valence electrons. The molecule has 0 aliphatic heterocycles. The Kier molecular flexibility index (Phi) is 7.13. The molecule has 0 atom stereocenters. The van der Waals surface area contributed by atoms with E-state index in [2.05, 4.69) is 15.0 Å². The van der Waals surface area contributed by atoms with Crippen molar-refractivity contribution >= 4 is 32.4 Å². The summed E-state index contributed by atoms with van der Waals surface area (Å²) in [5.74, 6) is 1.01. The average Bonchev–Trinajstić information content (AvgIpc) is 3.13. The number of hydrogen-bond acceptors (Lipinski definition) is 7. The summed E-state index contributed by atoms with van der Waals surface area (Å²) in [7, 11) is -0.725. The smallest absolute Gasteiger partial charge is 0.263 e. The van der Waals surface area contributed by atoms with Crippen molar-refractivity contribution in [1.82, 2.24) is 10.3 Å². The van der Waals surface area contributed by atoms with Crippen LogP contribution in [0.15, 0.2) is 53.4 Å². The highest BCUT2D eigenvalue weighted by Gasteiger charge is 2.20. The number of aromatic nitrogens is 1. The van der Waals surface area contributed by atoms with Crippen LogP contribution in [0.25, 0.3) is 0 Å². The number of sulfonamides is 1. The van der Waals surface area contributed by atoms with Crippen LogP contribution in [0, 0.1) is 6.92 Å². The molecule has 3 aromatic rings. The van der Waals surface area contributed by atoms with Crippen LogP contribution >= 0.6 is 11.3 Å². The van der Waals surface area contributed by atoms with Gasteiger partial charge in [0.15, 0.2) is 5.13 Å². The van der Waals surface area contributed by atoms with Gasteiger partial charge in [-0.25, -0.2) is 13.4 Å². The number of hydrogen-bond donors (Lipinski definition) is 2. The molecule has 0 spiro atoms. The van der Waals surface area contributed by atoms with Gasteiger partial charge in [0.1, 0.15) is 16.4 Å². The molecule has 1 amide bonds. The third-order valence-electron chi connectivity index (χ3n) is 4.47. The van der Waals surface area contributed by atoms with Crippen molar-refractivity contribution in [2.24, 2.45) is 0 Å². The number of anilines is 1. The van der Waals surface area contributed by atoms with E-state index in [9.17, 15) is 13.2 Å². The number of benzene rings is 2. The van der Waals surface area contributed by atoms with Crippen LogP contribution in [0.1, 0.15) is 20.9 Å². The summed E-state index contributed by atoms with van der Waals surface area (Å²) >= 11 is 0.988.